The number of rotatable bonds is 4. The molecule has 0 bridgehead atoms. The molecule has 0 fully saturated rings. The molecule has 0 spiro atoms. The molecule has 222 valence electrons. The molecule has 0 N–H and O–H groups in total. The molecule has 0 unspecified atom stereocenters. The molecular formula is C44H26N4. The van der Waals surface area contributed by atoms with Gasteiger partial charge in [-0.3, -0.25) is 0 Å². The predicted octanol–water partition coefficient (Wildman–Crippen LogP) is 11.6. The van der Waals surface area contributed by atoms with Crippen LogP contribution in [0.4, 0.5) is 5.69 Å². The monoisotopic (exact) mass is 610 g/mol. The van der Waals surface area contributed by atoms with Gasteiger partial charge in [-0.05, 0) is 94.4 Å². The Morgan fingerprint density at radius 1 is 0.458 bits per heavy atom. The smallest absolute Gasteiger partial charge is 0.188 e. The Bertz CT molecular complexity index is 2620. The van der Waals surface area contributed by atoms with Crippen molar-refractivity contribution in [2.45, 2.75) is 0 Å². The second-order valence-electron chi connectivity index (χ2n) is 12.0. The number of hydrogen-bond donors (Lipinski definition) is 0. The third-order valence-electron chi connectivity index (χ3n) is 9.34. The molecule has 0 aliphatic rings. The van der Waals surface area contributed by atoms with Crippen molar-refractivity contribution in [3.8, 4) is 39.7 Å². The summed E-state index contributed by atoms with van der Waals surface area (Å²) in [6.07, 6.45) is 0. The van der Waals surface area contributed by atoms with E-state index in [1.807, 2.05) is 24.3 Å². The molecule has 0 saturated heterocycles. The van der Waals surface area contributed by atoms with Crippen LogP contribution in [0.15, 0.2) is 158 Å². The van der Waals surface area contributed by atoms with Gasteiger partial charge in [0.15, 0.2) is 5.69 Å². The molecule has 0 radical (unpaired) electrons. The van der Waals surface area contributed by atoms with Gasteiger partial charge in [0, 0.05) is 27.5 Å². The summed E-state index contributed by atoms with van der Waals surface area (Å²) in [6, 6.07) is 57.0. The zero-order valence-electron chi connectivity index (χ0n) is 25.8. The molecular weight excluding hydrogens is 585 g/mol. The highest BCUT2D eigenvalue weighted by atomic mass is 15.0. The largest absolute Gasteiger partial charge is 0.309 e. The number of nitriles is 1. The molecule has 7 aromatic carbocycles. The van der Waals surface area contributed by atoms with E-state index in [0.717, 1.165) is 77.2 Å². The lowest BCUT2D eigenvalue weighted by molar-refractivity contribution is 1.18. The van der Waals surface area contributed by atoms with E-state index in [1.54, 1.807) is 0 Å². The van der Waals surface area contributed by atoms with Crippen molar-refractivity contribution in [3.63, 3.8) is 0 Å². The molecule has 2 aromatic heterocycles. The minimum atomic E-state index is 0.642. The first-order valence-corrected chi connectivity index (χ1v) is 15.9. The van der Waals surface area contributed by atoms with Crippen LogP contribution in [-0.2, 0) is 0 Å². The Kier molecular flexibility index (Phi) is 6.22. The van der Waals surface area contributed by atoms with Gasteiger partial charge < -0.3 is 9.13 Å². The van der Waals surface area contributed by atoms with Crippen LogP contribution in [0.5, 0.6) is 0 Å². The molecule has 9 aromatic rings. The van der Waals surface area contributed by atoms with Crippen molar-refractivity contribution in [2.75, 3.05) is 0 Å². The highest BCUT2D eigenvalue weighted by Crippen LogP contribution is 2.39. The molecule has 0 saturated carbocycles. The number of benzene rings is 7. The van der Waals surface area contributed by atoms with Gasteiger partial charge >= 0.3 is 0 Å². The first-order chi connectivity index (χ1) is 23.7. The standard InChI is InChI=1S/C44H26N4/c1-46-32-21-23-44-40(27-32)38-17-5-7-19-42(38)48(44)34-13-9-11-31(26-34)36-15-3-2-14-35(36)30-10-8-12-33(25-30)47-41-18-6-4-16-37(41)39-24-29(28-45)20-22-43(39)47/h2-27H. The minimum absolute atomic E-state index is 0.642. The Balaban J connectivity index is 1.20. The summed E-state index contributed by atoms with van der Waals surface area (Å²) in [5.41, 5.74) is 12.3. The molecule has 0 amide bonds. The van der Waals surface area contributed by atoms with Crippen molar-refractivity contribution in [3.05, 3.63) is 175 Å². The van der Waals surface area contributed by atoms with Gasteiger partial charge in [-0.1, -0.05) is 91.0 Å². The maximum Gasteiger partial charge on any atom is 0.188 e. The molecule has 4 nitrogen and oxygen atoms in total. The SMILES string of the molecule is [C-]#[N+]c1ccc2c(c1)c1ccccc1n2-c1cccc(-c2ccccc2-c2cccc(-n3c4ccccc4c4cc(C#N)ccc43)c2)c1. The summed E-state index contributed by atoms with van der Waals surface area (Å²) in [6.45, 7) is 7.56. The minimum Gasteiger partial charge on any atom is -0.309 e. The molecule has 0 atom stereocenters. The van der Waals surface area contributed by atoms with Crippen LogP contribution >= 0.6 is 0 Å². The Morgan fingerprint density at radius 3 is 1.52 bits per heavy atom. The highest BCUT2D eigenvalue weighted by molar-refractivity contribution is 6.11. The van der Waals surface area contributed by atoms with Crippen LogP contribution in [0, 0.1) is 17.9 Å². The fourth-order valence-electron chi connectivity index (χ4n) is 7.24. The van der Waals surface area contributed by atoms with Crippen LogP contribution in [0.2, 0.25) is 0 Å². The van der Waals surface area contributed by atoms with E-state index in [9.17, 15) is 5.26 Å². The maximum absolute atomic E-state index is 9.59. The zero-order chi connectivity index (χ0) is 32.2. The summed E-state index contributed by atoms with van der Waals surface area (Å²) in [5, 5.41) is 14.0. The molecule has 2 heterocycles. The van der Waals surface area contributed by atoms with Crippen molar-refractivity contribution in [2.24, 2.45) is 0 Å². The average Bonchev–Trinajstić information content (AvgIpc) is 3.67. The number of hydrogen-bond acceptors (Lipinski definition) is 1. The van der Waals surface area contributed by atoms with Gasteiger partial charge in [0.25, 0.3) is 0 Å². The molecule has 0 aliphatic carbocycles. The van der Waals surface area contributed by atoms with Crippen LogP contribution in [0.25, 0.3) is 82.1 Å². The van der Waals surface area contributed by atoms with E-state index in [0.29, 0.717) is 11.3 Å². The van der Waals surface area contributed by atoms with Crippen LogP contribution in [0.3, 0.4) is 0 Å². The number of fused-ring (bicyclic) bond motifs is 6. The lowest BCUT2D eigenvalue weighted by Gasteiger charge is -2.15. The quantitative estimate of drug-likeness (QED) is 0.183. The third kappa shape index (κ3) is 4.22. The molecule has 4 heteroatoms. The van der Waals surface area contributed by atoms with E-state index in [-0.39, 0.29) is 0 Å². The normalized spacial score (nSPS) is 11.3. The molecule has 9 rings (SSSR count). The van der Waals surface area contributed by atoms with Gasteiger partial charge in [0.2, 0.25) is 0 Å². The Hall–Kier alpha value is -6.88. The zero-order valence-corrected chi connectivity index (χ0v) is 25.8. The lowest BCUT2D eigenvalue weighted by Crippen LogP contribution is -1.96. The fraction of sp³-hybridized carbons (Fsp3) is 0. The second-order valence-corrected chi connectivity index (χ2v) is 12.0. The summed E-state index contributed by atoms with van der Waals surface area (Å²) in [4.78, 5) is 3.69. The second kappa shape index (κ2) is 10.9. The van der Waals surface area contributed by atoms with Crippen molar-refractivity contribution in [1.82, 2.24) is 9.13 Å². The molecule has 48 heavy (non-hydrogen) atoms. The van der Waals surface area contributed by atoms with Gasteiger partial charge in [-0.15, -0.1) is 0 Å². The van der Waals surface area contributed by atoms with Crippen LogP contribution in [-0.4, -0.2) is 9.13 Å². The Labute approximate surface area is 277 Å². The van der Waals surface area contributed by atoms with Crippen molar-refractivity contribution in [1.29, 1.82) is 5.26 Å². The van der Waals surface area contributed by atoms with Crippen LogP contribution < -0.4 is 0 Å². The highest BCUT2D eigenvalue weighted by Gasteiger charge is 2.16. The predicted molar refractivity (Wildman–Crippen MR) is 197 cm³/mol. The van der Waals surface area contributed by atoms with E-state index in [1.165, 1.54) is 0 Å². The lowest BCUT2D eigenvalue weighted by atomic mass is 9.94. The number of aromatic nitrogens is 2. The van der Waals surface area contributed by atoms with E-state index in [4.69, 9.17) is 6.57 Å². The van der Waals surface area contributed by atoms with Gasteiger partial charge in [0.05, 0.1) is 40.3 Å². The summed E-state index contributed by atoms with van der Waals surface area (Å²) in [7, 11) is 0. The topological polar surface area (TPSA) is 38.0 Å². The average molecular weight is 611 g/mol. The summed E-state index contributed by atoms with van der Waals surface area (Å²) < 4.78 is 4.59. The Morgan fingerprint density at radius 2 is 0.958 bits per heavy atom. The van der Waals surface area contributed by atoms with E-state index in [2.05, 4.69) is 154 Å². The third-order valence-corrected chi connectivity index (χ3v) is 9.34. The van der Waals surface area contributed by atoms with E-state index < -0.39 is 0 Å². The van der Waals surface area contributed by atoms with Gasteiger partial charge in [-0.2, -0.15) is 5.26 Å². The summed E-state index contributed by atoms with van der Waals surface area (Å²) in [5.74, 6) is 0. The first kappa shape index (κ1) is 27.4. The fourth-order valence-corrected chi connectivity index (χ4v) is 7.24. The first-order valence-electron chi connectivity index (χ1n) is 15.9. The van der Waals surface area contributed by atoms with Gasteiger partial charge in [0.1, 0.15) is 0 Å². The maximum atomic E-state index is 9.59. The van der Waals surface area contributed by atoms with Crippen LogP contribution in [0.1, 0.15) is 5.56 Å². The van der Waals surface area contributed by atoms with Gasteiger partial charge in [-0.25, -0.2) is 4.85 Å². The summed E-state index contributed by atoms with van der Waals surface area (Å²) >= 11 is 0. The molecule has 0 aliphatic heterocycles. The van der Waals surface area contributed by atoms with Crippen molar-refractivity contribution < 1.29 is 0 Å². The van der Waals surface area contributed by atoms with Crippen molar-refractivity contribution >= 4 is 49.3 Å². The number of nitrogens with zero attached hydrogens (tertiary/aromatic N) is 4. The number of para-hydroxylation sites is 2. The van der Waals surface area contributed by atoms with E-state index >= 15 is 0 Å².